The fraction of sp³-hybridized carbons (Fsp3) is 0.444. The average Bonchev–Trinajstić information content (AvgIpc) is 2.57. The Morgan fingerprint density at radius 1 is 1.31 bits per heavy atom. The molecule has 0 aliphatic heterocycles. The first-order chi connectivity index (χ1) is 6.33. The van der Waals surface area contributed by atoms with Crippen LogP contribution in [0.2, 0.25) is 0 Å². The van der Waals surface area contributed by atoms with Gasteiger partial charge in [0, 0.05) is 24.7 Å². The lowest BCUT2D eigenvalue weighted by atomic mass is 10.2. The zero-order chi connectivity index (χ0) is 9.52. The van der Waals surface area contributed by atoms with E-state index in [4.69, 9.17) is 11.6 Å². The van der Waals surface area contributed by atoms with Gasteiger partial charge >= 0.3 is 0 Å². The van der Waals surface area contributed by atoms with E-state index in [0.29, 0.717) is 12.3 Å². The molecule has 1 aromatic rings. The summed E-state index contributed by atoms with van der Waals surface area (Å²) in [6, 6.07) is 3.72. The van der Waals surface area contributed by atoms with E-state index < -0.39 is 0 Å². The number of amides is 1. The lowest BCUT2D eigenvalue weighted by Crippen LogP contribution is -2.20. The van der Waals surface area contributed by atoms with Crippen molar-refractivity contribution < 1.29 is 4.79 Å². The Morgan fingerprint density at radius 2 is 2.00 bits per heavy atom. The Hall–Kier alpha value is -0.960. The molecule has 0 aliphatic carbocycles. The molecule has 0 unspecified atom stereocenters. The first-order valence-electron chi connectivity index (χ1n) is 4.31. The zero-order valence-electron chi connectivity index (χ0n) is 7.37. The van der Waals surface area contributed by atoms with Crippen LogP contribution in [0.3, 0.4) is 0 Å². The topological polar surface area (TPSA) is 34.0 Å². The number of unbranched alkanes of at least 4 members (excludes halogenated alkanes) is 1. The van der Waals surface area contributed by atoms with E-state index in [1.54, 1.807) is 17.1 Å². The van der Waals surface area contributed by atoms with Gasteiger partial charge in [-0.2, -0.15) is 0 Å². The molecule has 1 aromatic heterocycles. The molecule has 0 saturated carbocycles. The van der Waals surface area contributed by atoms with Crippen molar-refractivity contribution in [2.24, 2.45) is 0 Å². The summed E-state index contributed by atoms with van der Waals surface area (Å²) in [7, 11) is 0. The van der Waals surface area contributed by atoms with Gasteiger partial charge in [0.1, 0.15) is 0 Å². The Morgan fingerprint density at radius 3 is 2.62 bits per heavy atom. The van der Waals surface area contributed by atoms with E-state index in [2.05, 4.69) is 5.43 Å². The van der Waals surface area contributed by atoms with Crippen LogP contribution in [-0.2, 0) is 4.79 Å². The molecule has 0 saturated heterocycles. The molecular formula is C9H13ClN2O. The van der Waals surface area contributed by atoms with E-state index >= 15 is 0 Å². The Balaban J connectivity index is 2.18. The van der Waals surface area contributed by atoms with Crippen LogP contribution in [0.15, 0.2) is 24.5 Å². The number of alkyl halides is 1. The molecule has 3 nitrogen and oxygen atoms in total. The summed E-state index contributed by atoms with van der Waals surface area (Å²) in [5.41, 5.74) is 2.72. The van der Waals surface area contributed by atoms with Gasteiger partial charge in [-0.1, -0.05) is 0 Å². The Bertz CT molecular complexity index is 246. The first kappa shape index (κ1) is 10.1. The second kappa shape index (κ2) is 5.65. The largest absolute Gasteiger partial charge is 0.273 e. The molecule has 72 valence electrons. The quantitative estimate of drug-likeness (QED) is 0.572. The number of halogens is 1. The van der Waals surface area contributed by atoms with E-state index in [-0.39, 0.29) is 5.91 Å². The smallest absolute Gasteiger partial charge is 0.238 e. The first-order valence-corrected chi connectivity index (χ1v) is 4.85. The highest BCUT2D eigenvalue weighted by Gasteiger charge is 1.99. The van der Waals surface area contributed by atoms with Crippen molar-refractivity contribution in [3.05, 3.63) is 24.5 Å². The van der Waals surface area contributed by atoms with Gasteiger partial charge in [0.05, 0.1) is 0 Å². The van der Waals surface area contributed by atoms with E-state index in [9.17, 15) is 4.79 Å². The van der Waals surface area contributed by atoms with E-state index in [1.165, 1.54) is 0 Å². The standard InChI is InChI=1S/C9H13ClN2O/c10-6-2-1-5-9(13)11-12-7-3-4-8-12/h3-4,7-8H,1-2,5-6H2,(H,11,13). The molecule has 1 amide bonds. The number of hydrogen-bond acceptors (Lipinski definition) is 1. The van der Waals surface area contributed by atoms with Crippen LogP contribution in [-0.4, -0.2) is 16.5 Å². The van der Waals surface area contributed by atoms with Crippen LogP contribution in [0.1, 0.15) is 19.3 Å². The summed E-state index contributed by atoms with van der Waals surface area (Å²) < 4.78 is 1.64. The Labute approximate surface area is 82.7 Å². The molecule has 13 heavy (non-hydrogen) atoms. The molecule has 0 radical (unpaired) electrons. The van der Waals surface area contributed by atoms with Crippen LogP contribution in [0.25, 0.3) is 0 Å². The molecule has 1 heterocycles. The van der Waals surface area contributed by atoms with Crippen molar-refractivity contribution >= 4 is 17.5 Å². The van der Waals surface area contributed by atoms with Crippen molar-refractivity contribution in [2.75, 3.05) is 11.3 Å². The highest BCUT2D eigenvalue weighted by molar-refractivity contribution is 6.17. The SMILES string of the molecule is O=C(CCCCCl)Nn1cccc1. The molecule has 4 heteroatoms. The summed E-state index contributed by atoms with van der Waals surface area (Å²) in [6.45, 7) is 0. The van der Waals surface area contributed by atoms with Gasteiger partial charge in [0.15, 0.2) is 0 Å². The highest BCUT2D eigenvalue weighted by Crippen LogP contribution is 1.97. The summed E-state index contributed by atoms with van der Waals surface area (Å²) in [6.07, 6.45) is 5.85. The molecule has 0 atom stereocenters. The number of carbonyl (C=O) groups excluding carboxylic acids is 1. The molecule has 0 aromatic carbocycles. The maximum absolute atomic E-state index is 11.2. The predicted molar refractivity (Wildman–Crippen MR) is 53.4 cm³/mol. The van der Waals surface area contributed by atoms with Gasteiger partial charge in [0.2, 0.25) is 5.91 Å². The monoisotopic (exact) mass is 200 g/mol. The van der Waals surface area contributed by atoms with Gasteiger partial charge in [-0.25, -0.2) is 0 Å². The third kappa shape index (κ3) is 3.99. The third-order valence-corrected chi connectivity index (χ3v) is 1.91. The van der Waals surface area contributed by atoms with Crippen LogP contribution in [0, 0.1) is 0 Å². The third-order valence-electron chi connectivity index (χ3n) is 1.65. The lowest BCUT2D eigenvalue weighted by molar-refractivity contribution is -0.117. The second-order valence-electron chi connectivity index (χ2n) is 2.77. The maximum atomic E-state index is 11.2. The minimum Gasteiger partial charge on any atom is -0.273 e. The normalized spacial score (nSPS) is 9.92. The fourth-order valence-corrected chi connectivity index (χ4v) is 1.18. The average molecular weight is 201 g/mol. The van der Waals surface area contributed by atoms with Gasteiger partial charge < -0.3 is 0 Å². The molecule has 1 rings (SSSR count). The molecular weight excluding hydrogens is 188 g/mol. The summed E-state index contributed by atoms with van der Waals surface area (Å²) in [5, 5.41) is 0. The van der Waals surface area contributed by atoms with Gasteiger partial charge in [-0.3, -0.25) is 14.9 Å². The number of rotatable bonds is 5. The fourth-order valence-electron chi connectivity index (χ4n) is 0.989. The van der Waals surface area contributed by atoms with E-state index in [1.807, 2.05) is 12.1 Å². The molecule has 0 spiro atoms. The maximum Gasteiger partial charge on any atom is 0.238 e. The van der Waals surface area contributed by atoms with Gasteiger partial charge in [0.25, 0.3) is 0 Å². The summed E-state index contributed by atoms with van der Waals surface area (Å²) >= 11 is 5.49. The number of nitrogens with one attached hydrogen (secondary N) is 1. The Kier molecular flexibility index (Phi) is 4.40. The second-order valence-corrected chi connectivity index (χ2v) is 3.15. The van der Waals surface area contributed by atoms with Gasteiger partial charge in [-0.15, -0.1) is 11.6 Å². The van der Waals surface area contributed by atoms with Crippen LogP contribution in [0.5, 0.6) is 0 Å². The van der Waals surface area contributed by atoms with Crippen LogP contribution < -0.4 is 5.43 Å². The van der Waals surface area contributed by atoms with Crippen LogP contribution >= 0.6 is 11.6 Å². The molecule has 0 bridgehead atoms. The van der Waals surface area contributed by atoms with Crippen molar-refractivity contribution in [3.63, 3.8) is 0 Å². The number of aromatic nitrogens is 1. The highest BCUT2D eigenvalue weighted by atomic mass is 35.5. The zero-order valence-corrected chi connectivity index (χ0v) is 8.13. The predicted octanol–water partition coefficient (Wildman–Crippen LogP) is 1.97. The number of nitrogens with zero attached hydrogens (tertiary/aromatic N) is 1. The molecule has 0 fully saturated rings. The number of hydrogen-bond donors (Lipinski definition) is 1. The summed E-state index contributed by atoms with van der Waals surface area (Å²) in [4.78, 5) is 11.2. The van der Waals surface area contributed by atoms with E-state index in [0.717, 1.165) is 12.8 Å². The van der Waals surface area contributed by atoms with Crippen molar-refractivity contribution in [1.29, 1.82) is 0 Å². The molecule has 0 aliphatic rings. The van der Waals surface area contributed by atoms with Crippen molar-refractivity contribution in [1.82, 2.24) is 4.68 Å². The van der Waals surface area contributed by atoms with Crippen LogP contribution in [0.4, 0.5) is 0 Å². The van der Waals surface area contributed by atoms with Crippen molar-refractivity contribution in [2.45, 2.75) is 19.3 Å². The minimum absolute atomic E-state index is 0.0290. The van der Waals surface area contributed by atoms with Crippen molar-refractivity contribution in [3.8, 4) is 0 Å². The minimum atomic E-state index is 0.0290. The lowest BCUT2D eigenvalue weighted by Gasteiger charge is -2.04. The number of carbonyl (C=O) groups is 1. The summed E-state index contributed by atoms with van der Waals surface area (Å²) in [5.74, 6) is 0.651. The molecule has 1 N–H and O–H groups in total. The van der Waals surface area contributed by atoms with Gasteiger partial charge in [-0.05, 0) is 25.0 Å².